The lowest BCUT2D eigenvalue weighted by Crippen LogP contribution is -2.06. The van der Waals surface area contributed by atoms with Crippen LogP contribution in [0.15, 0.2) is 11.6 Å². The Kier molecular flexibility index (Phi) is 6.44. The lowest BCUT2D eigenvalue weighted by atomic mass is 10.2. The molecule has 69 valence electrons. The Bertz CT molecular complexity index is 159. The summed E-state index contributed by atoms with van der Waals surface area (Å²) in [6, 6.07) is 0. The molecule has 2 nitrogen and oxygen atoms in total. The van der Waals surface area contributed by atoms with Gasteiger partial charge in [0.1, 0.15) is 0 Å². The second-order valence-electron chi connectivity index (χ2n) is 2.63. The molecule has 0 unspecified atom stereocenters. The third-order valence-corrected chi connectivity index (χ3v) is 1.44. The van der Waals surface area contributed by atoms with Gasteiger partial charge >= 0.3 is 5.97 Å². The number of allylic oxidation sites excluding steroid dienone is 1. The molecule has 0 N–H and O–H groups in total. The number of carbonyl (C=O) groups excluding carboxylic acids is 1. The summed E-state index contributed by atoms with van der Waals surface area (Å²) in [7, 11) is 0. The molecule has 0 rings (SSSR count). The molecule has 0 fully saturated rings. The van der Waals surface area contributed by atoms with E-state index in [1.165, 1.54) is 0 Å². The van der Waals surface area contributed by atoms with Crippen LogP contribution < -0.4 is 0 Å². The summed E-state index contributed by atoms with van der Waals surface area (Å²) in [5.74, 6) is -0.287. The summed E-state index contributed by atoms with van der Waals surface area (Å²) in [5, 5.41) is 0. The van der Waals surface area contributed by atoms with Crippen molar-refractivity contribution in [3.05, 3.63) is 18.6 Å². The summed E-state index contributed by atoms with van der Waals surface area (Å²) in [6.07, 6.45) is 4.55. The molecule has 0 atom stereocenters. The highest BCUT2D eigenvalue weighted by molar-refractivity contribution is 5.89. The van der Waals surface area contributed by atoms with Gasteiger partial charge < -0.3 is 4.74 Å². The van der Waals surface area contributed by atoms with Gasteiger partial charge in [0.25, 0.3) is 0 Å². The summed E-state index contributed by atoms with van der Waals surface area (Å²) in [6.45, 7) is 8.12. The van der Waals surface area contributed by atoms with E-state index in [-0.39, 0.29) is 5.97 Å². The highest BCUT2D eigenvalue weighted by atomic mass is 16.5. The first-order chi connectivity index (χ1) is 5.72. The number of ether oxygens (including phenoxy) is 1. The quantitative estimate of drug-likeness (QED) is 0.359. The Labute approximate surface area is 74.6 Å². The van der Waals surface area contributed by atoms with Crippen LogP contribution in [0.25, 0.3) is 0 Å². The van der Waals surface area contributed by atoms with E-state index in [0.717, 1.165) is 19.3 Å². The molecule has 0 heterocycles. The molecule has 0 aliphatic rings. The number of esters is 1. The van der Waals surface area contributed by atoms with Crippen molar-refractivity contribution in [3.8, 4) is 0 Å². The van der Waals surface area contributed by atoms with Gasteiger partial charge in [-0.3, -0.25) is 0 Å². The van der Waals surface area contributed by atoms with Crippen LogP contribution in [0.4, 0.5) is 0 Å². The average molecular weight is 169 g/mol. The smallest absolute Gasteiger partial charge is 0.333 e. The fourth-order valence-corrected chi connectivity index (χ4v) is 0.732. The van der Waals surface area contributed by atoms with Crippen molar-refractivity contribution in [2.45, 2.75) is 33.1 Å². The van der Waals surface area contributed by atoms with E-state index < -0.39 is 0 Å². The highest BCUT2D eigenvalue weighted by Crippen LogP contribution is 1.99. The molecule has 12 heavy (non-hydrogen) atoms. The molecule has 0 saturated carbocycles. The minimum atomic E-state index is -0.287. The van der Waals surface area contributed by atoms with E-state index >= 15 is 0 Å². The molecule has 0 saturated heterocycles. The van der Waals surface area contributed by atoms with Gasteiger partial charge in [-0.15, -0.1) is 0 Å². The zero-order valence-corrected chi connectivity index (χ0v) is 7.93. The lowest BCUT2D eigenvalue weighted by Gasteiger charge is -2.02. The van der Waals surface area contributed by atoms with Crippen LogP contribution in [0.1, 0.15) is 33.1 Å². The van der Waals surface area contributed by atoms with E-state index in [1.807, 2.05) is 6.92 Å². The first-order valence-corrected chi connectivity index (χ1v) is 4.41. The fraction of sp³-hybridized carbons (Fsp3) is 0.600. The standard InChI is InChI=1S/C10H17O2/c1-4-6-8-12-10(11)9(3)7-5-2/h7H,3-6,8H2,1-2H3. The third-order valence-electron chi connectivity index (χ3n) is 1.44. The van der Waals surface area contributed by atoms with Crippen molar-refractivity contribution in [1.82, 2.24) is 0 Å². The topological polar surface area (TPSA) is 26.3 Å². The summed E-state index contributed by atoms with van der Waals surface area (Å²) < 4.78 is 4.93. The van der Waals surface area contributed by atoms with Gasteiger partial charge in [0.05, 0.1) is 6.61 Å². The molecule has 0 aromatic rings. The van der Waals surface area contributed by atoms with Crippen LogP contribution in [0, 0.1) is 6.92 Å². The van der Waals surface area contributed by atoms with Crippen molar-refractivity contribution < 1.29 is 9.53 Å². The normalized spacial score (nSPS) is 11.4. The summed E-state index contributed by atoms with van der Waals surface area (Å²) in [5.41, 5.74) is 0.466. The van der Waals surface area contributed by atoms with Gasteiger partial charge in [-0.2, -0.15) is 0 Å². The predicted molar refractivity (Wildman–Crippen MR) is 49.6 cm³/mol. The molecule has 0 aromatic carbocycles. The minimum absolute atomic E-state index is 0.287. The van der Waals surface area contributed by atoms with E-state index in [2.05, 4.69) is 13.8 Å². The van der Waals surface area contributed by atoms with E-state index in [0.29, 0.717) is 12.2 Å². The Balaban J connectivity index is 3.64. The molecular weight excluding hydrogens is 152 g/mol. The zero-order chi connectivity index (χ0) is 9.40. The first-order valence-electron chi connectivity index (χ1n) is 4.41. The number of rotatable bonds is 5. The van der Waals surface area contributed by atoms with Crippen molar-refractivity contribution in [2.24, 2.45) is 0 Å². The van der Waals surface area contributed by atoms with Crippen molar-refractivity contribution in [3.63, 3.8) is 0 Å². The largest absolute Gasteiger partial charge is 0.462 e. The molecule has 2 heteroatoms. The van der Waals surface area contributed by atoms with Gasteiger partial charge in [-0.05, 0) is 19.8 Å². The Morgan fingerprint density at radius 1 is 1.50 bits per heavy atom. The molecule has 0 spiro atoms. The Morgan fingerprint density at radius 3 is 2.67 bits per heavy atom. The van der Waals surface area contributed by atoms with Crippen molar-refractivity contribution >= 4 is 5.97 Å². The number of carbonyl (C=O) groups is 1. The molecular formula is C10H17O2. The first kappa shape index (κ1) is 11.2. The van der Waals surface area contributed by atoms with E-state index in [9.17, 15) is 4.79 Å². The lowest BCUT2D eigenvalue weighted by molar-refractivity contribution is -0.138. The van der Waals surface area contributed by atoms with Crippen LogP contribution in [0.3, 0.4) is 0 Å². The predicted octanol–water partition coefficient (Wildman–Crippen LogP) is 2.50. The Hall–Kier alpha value is -0.790. The van der Waals surface area contributed by atoms with Gasteiger partial charge in [0, 0.05) is 5.57 Å². The zero-order valence-electron chi connectivity index (χ0n) is 7.93. The van der Waals surface area contributed by atoms with Crippen LogP contribution in [0.2, 0.25) is 0 Å². The van der Waals surface area contributed by atoms with Gasteiger partial charge in [-0.25, -0.2) is 4.79 Å². The van der Waals surface area contributed by atoms with Crippen LogP contribution in [-0.4, -0.2) is 12.6 Å². The summed E-state index contributed by atoms with van der Waals surface area (Å²) >= 11 is 0. The van der Waals surface area contributed by atoms with Crippen molar-refractivity contribution in [2.75, 3.05) is 6.61 Å². The molecule has 0 amide bonds. The Morgan fingerprint density at radius 2 is 2.17 bits per heavy atom. The number of hydrogen-bond acceptors (Lipinski definition) is 2. The monoisotopic (exact) mass is 169 g/mol. The fourth-order valence-electron chi connectivity index (χ4n) is 0.732. The second kappa shape index (κ2) is 6.89. The third kappa shape index (κ3) is 4.94. The maximum absolute atomic E-state index is 11.1. The molecule has 0 aromatic heterocycles. The maximum atomic E-state index is 11.1. The SMILES string of the molecule is [CH2]C(=CCC)C(=O)OCCCC. The summed E-state index contributed by atoms with van der Waals surface area (Å²) in [4.78, 5) is 11.1. The van der Waals surface area contributed by atoms with Crippen molar-refractivity contribution in [1.29, 1.82) is 0 Å². The van der Waals surface area contributed by atoms with Gasteiger partial charge in [-0.1, -0.05) is 26.3 Å². The van der Waals surface area contributed by atoms with Crippen LogP contribution in [-0.2, 0) is 9.53 Å². The van der Waals surface area contributed by atoms with Crippen LogP contribution in [0.5, 0.6) is 0 Å². The van der Waals surface area contributed by atoms with Crippen LogP contribution >= 0.6 is 0 Å². The van der Waals surface area contributed by atoms with Gasteiger partial charge in [0.2, 0.25) is 0 Å². The number of hydrogen-bond donors (Lipinski definition) is 0. The van der Waals surface area contributed by atoms with E-state index in [4.69, 9.17) is 4.74 Å². The molecule has 1 radical (unpaired) electrons. The highest BCUT2D eigenvalue weighted by Gasteiger charge is 2.03. The van der Waals surface area contributed by atoms with Gasteiger partial charge in [0.15, 0.2) is 0 Å². The average Bonchev–Trinajstić information content (AvgIpc) is 2.05. The second-order valence-corrected chi connectivity index (χ2v) is 2.63. The number of unbranched alkanes of at least 4 members (excludes halogenated alkanes) is 1. The van der Waals surface area contributed by atoms with E-state index in [1.54, 1.807) is 6.08 Å². The molecule has 0 aliphatic carbocycles. The minimum Gasteiger partial charge on any atom is -0.462 e. The molecule has 0 aliphatic heterocycles. The molecule has 0 bridgehead atoms. The maximum Gasteiger partial charge on any atom is 0.333 e.